The molecule has 1 aliphatic rings. The monoisotopic (exact) mass is 403 g/mol. The summed E-state index contributed by atoms with van der Waals surface area (Å²) < 4.78 is 7.78. The molecule has 3 rings (SSSR count). The second kappa shape index (κ2) is 10.5. The molecule has 0 spiro atoms. The number of nitrogens with one attached hydrogen (secondary N) is 2. The summed E-state index contributed by atoms with van der Waals surface area (Å²) in [7, 11) is 0. The Bertz CT molecular complexity index is 826. The predicted octanol–water partition coefficient (Wildman–Crippen LogP) is 2.53. The van der Waals surface area contributed by atoms with Gasteiger partial charge in [0.15, 0.2) is 10.6 Å². The summed E-state index contributed by atoms with van der Waals surface area (Å²) in [6.45, 7) is 8.03. The van der Waals surface area contributed by atoms with Crippen molar-refractivity contribution < 1.29 is 9.53 Å². The number of morpholine rings is 1. The highest BCUT2D eigenvalue weighted by atomic mass is 32.1. The third-order valence-corrected chi connectivity index (χ3v) is 5.24. The van der Waals surface area contributed by atoms with Crippen LogP contribution in [0.4, 0.5) is 0 Å². The maximum atomic E-state index is 12.2. The highest BCUT2D eigenvalue weighted by Crippen LogP contribution is 2.18. The van der Waals surface area contributed by atoms with Crippen LogP contribution in [0.15, 0.2) is 24.3 Å². The van der Waals surface area contributed by atoms with Gasteiger partial charge in [0.25, 0.3) is 0 Å². The first kappa shape index (κ1) is 20.7. The summed E-state index contributed by atoms with van der Waals surface area (Å²) in [6, 6.07) is 8.11. The Morgan fingerprint density at radius 2 is 2.11 bits per heavy atom. The molecule has 0 radical (unpaired) electrons. The zero-order valence-electron chi connectivity index (χ0n) is 16.4. The molecule has 2 aromatic rings. The fourth-order valence-corrected chi connectivity index (χ4v) is 3.57. The van der Waals surface area contributed by atoms with E-state index in [9.17, 15) is 4.79 Å². The number of carbonyl (C=O) groups excluding carboxylic acids is 1. The molecular weight excluding hydrogens is 374 g/mol. The molecule has 2 N–H and O–H groups in total. The minimum Gasteiger partial charge on any atom is -0.379 e. The van der Waals surface area contributed by atoms with Gasteiger partial charge in [0.05, 0.1) is 13.2 Å². The van der Waals surface area contributed by atoms with Gasteiger partial charge in [-0.2, -0.15) is 5.10 Å². The van der Waals surface area contributed by atoms with E-state index < -0.39 is 0 Å². The molecule has 152 valence electrons. The number of rotatable bonds is 9. The average molecular weight is 404 g/mol. The van der Waals surface area contributed by atoms with Crippen molar-refractivity contribution in [3.05, 3.63) is 34.6 Å². The zero-order valence-corrected chi connectivity index (χ0v) is 17.3. The van der Waals surface area contributed by atoms with Gasteiger partial charge in [-0.15, -0.1) is 0 Å². The topological polar surface area (TPSA) is 75.2 Å². The summed E-state index contributed by atoms with van der Waals surface area (Å²) in [4.78, 5) is 14.6. The van der Waals surface area contributed by atoms with Crippen LogP contribution in [0.3, 0.4) is 0 Å². The normalized spacial score (nSPS) is 14.9. The van der Waals surface area contributed by atoms with Gasteiger partial charge in [0.2, 0.25) is 5.91 Å². The number of hydrogen-bond acceptors (Lipinski definition) is 5. The number of amides is 1. The van der Waals surface area contributed by atoms with E-state index >= 15 is 0 Å². The van der Waals surface area contributed by atoms with Crippen molar-refractivity contribution in [3.8, 4) is 11.4 Å². The average Bonchev–Trinajstić information content (AvgIpc) is 3.07. The maximum Gasteiger partial charge on any atom is 0.221 e. The Hall–Kier alpha value is -2.03. The quantitative estimate of drug-likeness (QED) is 0.497. The van der Waals surface area contributed by atoms with Crippen molar-refractivity contribution in [2.24, 2.45) is 0 Å². The minimum atomic E-state index is 0.0460. The highest BCUT2D eigenvalue weighted by molar-refractivity contribution is 7.71. The Labute approximate surface area is 171 Å². The van der Waals surface area contributed by atoms with Gasteiger partial charge in [-0.3, -0.25) is 19.4 Å². The number of ether oxygens (including phenoxy) is 1. The molecule has 28 heavy (non-hydrogen) atoms. The number of unbranched alkanes of at least 4 members (excludes halogenated alkanes) is 1. The predicted molar refractivity (Wildman–Crippen MR) is 112 cm³/mol. The van der Waals surface area contributed by atoms with Crippen LogP contribution in [0.5, 0.6) is 0 Å². The second-order valence-corrected chi connectivity index (χ2v) is 7.52. The van der Waals surface area contributed by atoms with Crippen LogP contribution < -0.4 is 5.32 Å². The maximum absolute atomic E-state index is 12.2. The Morgan fingerprint density at radius 3 is 2.89 bits per heavy atom. The Balaban J connectivity index is 1.41. The Kier molecular flexibility index (Phi) is 7.76. The lowest BCUT2D eigenvalue weighted by molar-refractivity contribution is -0.121. The molecular formula is C20H29N5O2S. The molecule has 1 amide bonds. The first-order valence-electron chi connectivity index (χ1n) is 9.92. The molecule has 0 aliphatic carbocycles. The molecule has 8 heteroatoms. The summed E-state index contributed by atoms with van der Waals surface area (Å²) in [5.41, 5.74) is 2.16. The largest absolute Gasteiger partial charge is 0.379 e. The van der Waals surface area contributed by atoms with E-state index in [4.69, 9.17) is 17.0 Å². The molecule has 1 fully saturated rings. The molecule has 1 aromatic carbocycles. The second-order valence-electron chi connectivity index (χ2n) is 7.13. The number of aromatic amines is 1. The molecule has 7 nitrogen and oxygen atoms in total. The molecule has 0 unspecified atom stereocenters. The van der Waals surface area contributed by atoms with E-state index in [1.54, 1.807) is 0 Å². The van der Waals surface area contributed by atoms with Gasteiger partial charge >= 0.3 is 0 Å². The van der Waals surface area contributed by atoms with E-state index in [2.05, 4.69) is 26.5 Å². The molecule has 0 saturated carbocycles. The smallest absolute Gasteiger partial charge is 0.221 e. The third kappa shape index (κ3) is 5.98. The molecule has 1 saturated heterocycles. The molecule has 1 aliphatic heterocycles. The first-order valence-corrected chi connectivity index (χ1v) is 10.3. The van der Waals surface area contributed by atoms with E-state index in [0.717, 1.165) is 62.6 Å². The molecule has 1 aromatic heterocycles. The summed E-state index contributed by atoms with van der Waals surface area (Å²) in [5.74, 6) is 0.816. The number of nitrogens with zero attached hydrogens (tertiary/aromatic N) is 3. The van der Waals surface area contributed by atoms with Gasteiger partial charge in [-0.05, 0) is 44.6 Å². The van der Waals surface area contributed by atoms with Crippen LogP contribution in [0.2, 0.25) is 0 Å². The van der Waals surface area contributed by atoms with Crippen molar-refractivity contribution in [2.75, 3.05) is 39.4 Å². The van der Waals surface area contributed by atoms with E-state index in [0.29, 0.717) is 24.3 Å². The number of carbonyl (C=O) groups is 1. The van der Waals surface area contributed by atoms with Crippen molar-refractivity contribution >= 4 is 18.1 Å². The van der Waals surface area contributed by atoms with Crippen molar-refractivity contribution in [1.29, 1.82) is 0 Å². The van der Waals surface area contributed by atoms with Gasteiger partial charge in [-0.1, -0.05) is 23.8 Å². The number of H-pyrrole nitrogens is 1. The zero-order chi connectivity index (χ0) is 19.8. The fraction of sp³-hybridized carbons (Fsp3) is 0.550. The van der Waals surface area contributed by atoms with Crippen LogP contribution >= 0.6 is 12.2 Å². The fourth-order valence-electron chi connectivity index (χ4n) is 3.34. The first-order chi connectivity index (χ1) is 13.6. The Morgan fingerprint density at radius 1 is 1.29 bits per heavy atom. The standard InChI is InChI=1S/C20H29N5O2S/c1-16-5-4-6-17(15-16)19-22-23-20(28)25(19)10-7-18(26)21-8-2-3-9-24-11-13-27-14-12-24/h4-6,15H,2-3,7-14H2,1H3,(H,21,26)(H,23,28). The van der Waals surface area contributed by atoms with Crippen molar-refractivity contribution in [2.45, 2.75) is 32.7 Å². The van der Waals surface area contributed by atoms with Gasteiger partial charge in [0.1, 0.15) is 0 Å². The van der Waals surface area contributed by atoms with E-state index in [1.807, 2.05) is 29.7 Å². The van der Waals surface area contributed by atoms with E-state index in [1.165, 1.54) is 0 Å². The molecule has 2 heterocycles. The summed E-state index contributed by atoms with van der Waals surface area (Å²) in [5, 5.41) is 10.2. The van der Waals surface area contributed by atoms with Crippen LogP contribution in [0.25, 0.3) is 11.4 Å². The lowest BCUT2D eigenvalue weighted by atomic mass is 10.1. The number of benzene rings is 1. The lowest BCUT2D eigenvalue weighted by Crippen LogP contribution is -2.37. The summed E-state index contributed by atoms with van der Waals surface area (Å²) >= 11 is 5.34. The van der Waals surface area contributed by atoms with Gasteiger partial charge < -0.3 is 10.1 Å². The van der Waals surface area contributed by atoms with Crippen LogP contribution in [0, 0.1) is 11.7 Å². The highest BCUT2D eigenvalue weighted by Gasteiger charge is 2.11. The van der Waals surface area contributed by atoms with E-state index in [-0.39, 0.29) is 5.91 Å². The SMILES string of the molecule is Cc1cccc(-c2n[nH]c(=S)n2CCC(=O)NCCCCN2CCOCC2)c1. The summed E-state index contributed by atoms with van der Waals surface area (Å²) in [6.07, 6.45) is 2.46. The number of aromatic nitrogens is 3. The molecule has 0 atom stereocenters. The molecule has 0 bridgehead atoms. The third-order valence-electron chi connectivity index (χ3n) is 4.92. The van der Waals surface area contributed by atoms with Gasteiger partial charge in [0, 0.05) is 38.2 Å². The van der Waals surface area contributed by atoms with Crippen molar-refractivity contribution in [3.63, 3.8) is 0 Å². The van der Waals surface area contributed by atoms with Crippen LogP contribution in [-0.4, -0.2) is 65.0 Å². The van der Waals surface area contributed by atoms with Crippen molar-refractivity contribution in [1.82, 2.24) is 25.0 Å². The lowest BCUT2D eigenvalue weighted by Gasteiger charge is -2.26. The van der Waals surface area contributed by atoms with Gasteiger partial charge in [-0.25, -0.2) is 0 Å². The number of hydrogen-bond donors (Lipinski definition) is 2. The van der Waals surface area contributed by atoms with Crippen LogP contribution in [-0.2, 0) is 16.1 Å². The minimum absolute atomic E-state index is 0.0460. The number of aryl methyl sites for hydroxylation is 1. The van der Waals surface area contributed by atoms with Crippen LogP contribution in [0.1, 0.15) is 24.8 Å².